The zero-order chi connectivity index (χ0) is 13.9. The fourth-order valence-corrected chi connectivity index (χ4v) is 2.71. The van der Waals surface area contributed by atoms with E-state index in [2.05, 4.69) is 41.8 Å². The molecule has 2 N–H and O–H groups in total. The van der Waals surface area contributed by atoms with Gasteiger partial charge in [0.05, 0.1) is 18.8 Å². The fourth-order valence-electron chi connectivity index (χ4n) is 1.75. The van der Waals surface area contributed by atoms with Gasteiger partial charge in [-0.15, -0.1) is 36.2 Å². The minimum atomic E-state index is -0.379. The van der Waals surface area contributed by atoms with Crippen molar-refractivity contribution in [1.82, 2.24) is 15.6 Å². The van der Waals surface area contributed by atoms with E-state index in [1.807, 2.05) is 0 Å². The Morgan fingerprint density at radius 2 is 2.24 bits per heavy atom. The molecule has 0 aliphatic carbocycles. The van der Waals surface area contributed by atoms with Gasteiger partial charge in [0.15, 0.2) is 0 Å². The number of ether oxygens (including phenoxy) is 1. The first-order valence-electron chi connectivity index (χ1n) is 6.52. The largest absolute Gasteiger partial charge is 0.366 e. The van der Waals surface area contributed by atoms with Crippen LogP contribution in [0, 0.1) is 0 Å². The highest BCUT2D eigenvalue weighted by Gasteiger charge is 2.22. The third kappa shape index (κ3) is 6.08. The summed E-state index contributed by atoms with van der Waals surface area (Å²) in [4.78, 5) is 16.4. The molecule has 1 unspecified atom stereocenters. The van der Waals surface area contributed by atoms with Crippen molar-refractivity contribution in [3.8, 4) is 0 Å². The second-order valence-corrected chi connectivity index (χ2v) is 6.60. The van der Waals surface area contributed by atoms with Crippen LogP contribution in [-0.4, -0.2) is 36.7 Å². The monoisotopic (exact) mass is 355 g/mol. The number of morpholine rings is 1. The molecule has 1 amide bonds. The van der Waals surface area contributed by atoms with Crippen molar-refractivity contribution in [2.24, 2.45) is 0 Å². The topological polar surface area (TPSA) is 63.2 Å². The molecule has 0 spiro atoms. The van der Waals surface area contributed by atoms with Gasteiger partial charge < -0.3 is 15.4 Å². The summed E-state index contributed by atoms with van der Waals surface area (Å²) in [5.41, 5.74) is 1.12. The molecular formula is C13H23Cl2N3O2S. The Kier molecular flexibility index (Phi) is 8.73. The number of amides is 1. The van der Waals surface area contributed by atoms with Crippen LogP contribution in [0.5, 0.6) is 0 Å². The van der Waals surface area contributed by atoms with Gasteiger partial charge in [0, 0.05) is 23.9 Å². The van der Waals surface area contributed by atoms with Crippen LogP contribution in [0.2, 0.25) is 0 Å². The van der Waals surface area contributed by atoms with E-state index in [-0.39, 0.29) is 42.2 Å². The molecule has 1 aliphatic rings. The molecule has 1 aromatic rings. The summed E-state index contributed by atoms with van der Waals surface area (Å²) in [6, 6.07) is 0. The molecule has 2 rings (SSSR count). The normalized spacial score (nSPS) is 18.3. The first-order chi connectivity index (χ1) is 8.97. The van der Waals surface area contributed by atoms with E-state index in [0.29, 0.717) is 19.7 Å². The van der Waals surface area contributed by atoms with Crippen molar-refractivity contribution in [1.29, 1.82) is 0 Å². The van der Waals surface area contributed by atoms with Gasteiger partial charge in [0.25, 0.3) is 5.91 Å². The lowest BCUT2D eigenvalue weighted by atomic mass is 9.93. The van der Waals surface area contributed by atoms with E-state index in [9.17, 15) is 4.79 Å². The number of aromatic nitrogens is 1. The third-order valence-corrected chi connectivity index (χ3v) is 3.80. The van der Waals surface area contributed by atoms with Gasteiger partial charge in [-0.2, -0.15) is 0 Å². The number of carbonyl (C=O) groups excluding carboxylic acids is 1. The molecule has 5 nitrogen and oxygen atoms in total. The molecule has 122 valence electrons. The lowest BCUT2D eigenvalue weighted by Gasteiger charge is -2.22. The molecule has 2 heterocycles. The summed E-state index contributed by atoms with van der Waals surface area (Å²) in [5.74, 6) is -0.0697. The van der Waals surface area contributed by atoms with Crippen molar-refractivity contribution < 1.29 is 9.53 Å². The predicted molar refractivity (Wildman–Crippen MR) is 89.8 cm³/mol. The van der Waals surface area contributed by atoms with Crippen molar-refractivity contribution in [2.75, 3.05) is 19.7 Å². The first kappa shape index (κ1) is 20.6. The maximum atomic E-state index is 11.9. The molecule has 0 radical (unpaired) electrons. The lowest BCUT2D eigenvalue weighted by Crippen LogP contribution is -2.47. The smallest absolute Gasteiger partial charge is 0.250 e. The second-order valence-electron chi connectivity index (χ2n) is 5.66. The average molecular weight is 356 g/mol. The highest BCUT2D eigenvalue weighted by Crippen LogP contribution is 2.23. The van der Waals surface area contributed by atoms with Crippen LogP contribution in [-0.2, 0) is 21.5 Å². The molecule has 1 aliphatic heterocycles. The van der Waals surface area contributed by atoms with Gasteiger partial charge in [-0.3, -0.25) is 4.79 Å². The molecule has 1 aromatic heterocycles. The zero-order valence-corrected chi connectivity index (χ0v) is 14.9. The molecule has 8 heteroatoms. The van der Waals surface area contributed by atoms with Gasteiger partial charge in [0.2, 0.25) is 0 Å². The lowest BCUT2D eigenvalue weighted by molar-refractivity contribution is -0.134. The summed E-state index contributed by atoms with van der Waals surface area (Å²) >= 11 is 1.58. The summed E-state index contributed by atoms with van der Waals surface area (Å²) in [6.07, 6.45) is -0.379. The average Bonchev–Trinajstić information content (AvgIpc) is 2.86. The molecule has 1 atom stereocenters. The maximum absolute atomic E-state index is 11.9. The van der Waals surface area contributed by atoms with Crippen LogP contribution < -0.4 is 10.6 Å². The minimum absolute atomic E-state index is 0. The third-order valence-electron chi connectivity index (χ3n) is 2.95. The summed E-state index contributed by atoms with van der Waals surface area (Å²) in [6.45, 7) is 8.84. The molecule has 1 saturated heterocycles. The second kappa shape index (κ2) is 8.90. The molecule has 1 fully saturated rings. The van der Waals surface area contributed by atoms with Gasteiger partial charge in [-0.1, -0.05) is 20.8 Å². The zero-order valence-electron chi connectivity index (χ0n) is 12.5. The number of hydrogen-bond acceptors (Lipinski definition) is 5. The van der Waals surface area contributed by atoms with Crippen molar-refractivity contribution in [3.63, 3.8) is 0 Å². The standard InChI is InChI=1S/C13H21N3O2S.2ClH/c1-13(2,3)10-8-19-11(16-10)7-15-12(17)9-6-14-4-5-18-9;;/h8-9,14H,4-7H2,1-3H3,(H,15,17);2*1H. The van der Waals surface area contributed by atoms with E-state index in [1.165, 1.54) is 0 Å². The fraction of sp³-hybridized carbons (Fsp3) is 0.692. The van der Waals surface area contributed by atoms with Crippen LogP contribution in [0.15, 0.2) is 5.38 Å². The van der Waals surface area contributed by atoms with Crippen LogP contribution in [0.4, 0.5) is 0 Å². The van der Waals surface area contributed by atoms with Crippen molar-refractivity contribution in [2.45, 2.75) is 38.8 Å². The Labute approximate surface area is 142 Å². The maximum Gasteiger partial charge on any atom is 0.250 e. The number of halogens is 2. The Balaban J connectivity index is 0.00000200. The molecular weight excluding hydrogens is 333 g/mol. The Hall–Kier alpha value is -0.400. The SMILES string of the molecule is CC(C)(C)c1csc(CNC(=O)C2CNCCO2)n1.Cl.Cl. The van der Waals surface area contributed by atoms with E-state index >= 15 is 0 Å². The molecule has 21 heavy (non-hydrogen) atoms. The van der Waals surface area contributed by atoms with Crippen molar-refractivity contribution in [3.05, 3.63) is 16.1 Å². The number of nitrogens with one attached hydrogen (secondary N) is 2. The van der Waals surface area contributed by atoms with E-state index in [0.717, 1.165) is 17.2 Å². The van der Waals surface area contributed by atoms with Gasteiger partial charge in [-0.25, -0.2) is 4.98 Å². The molecule has 0 saturated carbocycles. The van der Waals surface area contributed by atoms with Gasteiger partial charge >= 0.3 is 0 Å². The number of thiazole rings is 1. The highest BCUT2D eigenvalue weighted by molar-refractivity contribution is 7.09. The summed E-state index contributed by atoms with van der Waals surface area (Å²) in [5, 5.41) is 9.00. The van der Waals surface area contributed by atoms with Crippen LogP contribution in [0.25, 0.3) is 0 Å². The van der Waals surface area contributed by atoms with E-state index in [4.69, 9.17) is 4.74 Å². The van der Waals surface area contributed by atoms with E-state index in [1.54, 1.807) is 11.3 Å². The number of nitrogens with zero attached hydrogens (tertiary/aromatic N) is 1. The van der Waals surface area contributed by atoms with Gasteiger partial charge in [0.1, 0.15) is 11.1 Å². The minimum Gasteiger partial charge on any atom is -0.366 e. The highest BCUT2D eigenvalue weighted by atomic mass is 35.5. The predicted octanol–water partition coefficient (Wildman–Crippen LogP) is 1.89. The Morgan fingerprint density at radius 1 is 1.52 bits per heavy atom. The number of hydrogen-bond donors (Lipinski definition) is 2. The van der Waals surface area contributed by atoms with Crippen molar-refractivity contribution >= 4 is 42.1 Å². The Bertz CT molecular complexity index is 443. The summed E-state index contributed by atoms with van der Waals surface area (Å²) < 4.78 is 5.40. The summed E-state index contributed by atoms with van der Waals surface area (Å²) in [7, 11) is 0. The quantitative estimate of drug-likeness (QED) is 0.868. The van der Waals surface area contributed by atoms with Crippen LogP contribution in [0.3, 0.4) is 0 Å². The Morgan fingerprint density at radius 3 is 2.76 bits per heavy atom. The van der Waals surface area contributed by atoms with E-state index < -0.39 is 0 Å². The number of carbonyl (C=O) groups is 1. The first-order valence-corrected chi connectivity index (χ1v) is 7.40. The van der Waals surface area contributed by atoms with Crippen LogP contribution in [0.1, 0.15) is 31.5 Å². The molecule has 0 aromatic carbocycles. The van der Waals surface area contributed by atoms with Crippen LogP contribution >= 0.6 is 36.2 Å². The number of rotatable bonds is 3. The molecule has 0 bridgehead atoms. The van der Waals surface area contributed by atoms with Gasteiger partial charge in [-0.05, 0) is 0 Å².